The van der Waals surface area contributed by atoms with Crippen LogP contribution in [0.3, 0.4) is 0 Å². The minimum Gasteiger partial charge on any atom is -0.549 e. The summed E-state index contributed by atoms with van der Waals surface area (Å²) in [7, 11) is 0. The Bertz CT molecular complexity index is 727. The predicted molar refractivity (Wildman–Crippen MR) is 87.9 cm³/mol. The normalized spacial score (nSPS) is 17.4. The van der Waals surface area contributed by atoms with E-state index in [1.807, 2.05) is 0 Å². The van der Waals surface area contributed by atoms with Gasteiger partial charge in [-0.3, -0.25) is 19.7 Å². The smallest absolute Gasteiger partial charge is 0.138 e. The maximum Gasteiger partial charge on any atom is 0.138 e. The summed E-state index contributed by atoms with van der Waals surface area (Å²) >= 11 is 0. The summed E-state index contributed by atoms with van der Waals surface area (Å²) in [5.74, 6) is -4.01. The van der Waals surface area contributed by atoms with Gasteiger partial charge in [-0.25, -0.2) is 0 Å². The number of carboxylic acid groups (broad SMARTS) is 3. The van der Waals surface area contributed by atoms with Gasteiger partial charge >= 0.3 is 0 Å². The van der Waals surface area contributed by atoms with E-state index in [1.165, 1.54) is 21.9 Å². The van der Waals surface area contributed by atoms with Crippen LogP contribution in [-0.2, 0) is 27.5 Å². The number of pyridine rings is 1. The summed E-state index contributed by atoms with van der Waals surface area (Å²) in [5, 5.41) is 43.1. The van der Waals surface area contributed by atoms with E-state index in [4.69, 9.17) is 0 Å². The molecule has 154 valence electrons. The molecule has 0 unspecified atom stereocenters. The Labute approximate surface area is 161 Å². The zero-order valence-electron chi connectivity index (χ0n) is 15.2. The molecule has 1 aromatic heterocycles. The molecule has 11 nitrogen and oxygen atoms in total. The maximum atomic E-state index is 11.0. The molecule has 0 radical (unpaired) electrons. The molecule has 0 saturated carbocycles. The van der Waals surface area contributed by atoms with Gasteiger partial charge in [0.05, 0.1) is 29.3 Å². The molecule has 2 heterocycles. The lowest BCUT2D eigenvalue weighted by Gasteiger charge is -2.31. The summed E-state index contributed by atoms with van der Waals surface area (Å²) in [6.45, 7) is -0.199. The lowest BCUT2D eigenvalue weighted by atomic mass is 10.2. The zero-order chi connectivity index (χ0) is 20.7. The van der Waals surface area contributed by atoms with Crippen molar-refractivity contribution in [2.45, 2.75) is 13.1 Å². The van der Waals surface area contributed by atoms with E-state index in [-0.39, 0.29) is 63.8 Å². The van der Waals surface area contributed by atoms with Crippen molar-refractivity contribution in [3.05, 3.63) is 23.5 Å². The first kappa shape index (κ1) is 21.5. The third-order valence-electron chi connectivity index (χ3n) is 4.29. The van der Waals surface area contributed by atoms with E-state index >= 15 is 0 Å². The highest BCUT2D eigenvalue weighted by Gasteiger charge is 2.18. The lowest BCUT2D eigenvalue weighted by Crippen LogP contribution is -2.48. The quantitative estimate of drug-likeness (QED) is 0.492. The van der Waals surface area contributed by atoms with Crippen molar-refractivity contribution in [2.75, 3.05) is 45.8 Å². The predicted octanol–water partition coefficient (Wildman–Crippen LogP) is -5.04. The van der Waals surface area contributed by atoms with E-state index < -0.39 is 24.5 Å². The van der Waals surface area contributed by atoms with E-state index in [2.05, 4.69) is 4.98 Å². The zero-order valence-corrected chi connectivity index (χ0v) is 15.2. The highest BCUT2D eigenvalue weighted by molar-refractivity contribution is 5.67. The molecule has 1 aromatic rings. The molecule has 1 aliphatic heterocycles. The maximum absolute atomic E-state index is 11.0. The first-order valence-electron chi connectivity index (χ1n) is 8.67. The van der Waals surface area contributed by atoms with Gasteiger partial charge in [0.25, 0.3) is 0 Å². The van der Waals surface area contributed by atoms with Crippen LogP contribution in [0, 0.1) is 0 Å². The Morgan fingerprint density at radius 1 is 0.821 bits per heavy atom. The number of nitrogens with zero attached hydrogens (tertiary/aromatic N) is 4. The number of carbonyl (C=O) groups is 3. The molecule has 1 N–H and O–H groups in total. The first-order valence-corrected chi connectivity index (χ1v) is 8.67. The molecule has 11 heteroatoms. The molecule has 2 bridgehead atoms. The first-order chi connectivity index (χ1) is 13.2. The molecule has 0 atom stereocenters. The van der Waals surface area contributed by atoms with Gasteiger partial charge < -0.3 is 34.8 Å². The average molecular weight is 393 g/mol. The van der Waals surface area contributed by atoms with Crippen LogP contribution in [0.2, 0.25) is 0 Å². The second-order valence-electron chi connectivity index (χ2n) is 6.58. The topological polar surface area (TPSA) is 163 Å². The average Bonchev–Trinajstić information content (AvgIpc) is 2.57. The van der Waals surface area contributed by atoms with Crippen molar-refractivity contribution in [1.82, 2.24) is 19.7 Å². The van der Waals surface area contributed by atoms with Gasteiger partial charge in [0.2, 0.25) is 0 Å². The van der Waals surface area contributed by atoms with E-state index in [1.54, 1.807) is 4.90 Å². The van der Waals surface area contributed by atoms with Crippen LogP contribution in [-0.4, -0.2) is 88.5 Å². The Kier molecular flexibility index (Phi) is 7.67. The fourth-order valence-corrected chi connectivity index (χ4v) is 3.00. The molecule has 0 saturated heterocycles. The molecule has 0 amide bonds. The Morgan fingerprint density at radius 2 is 1.29 bits per heavy atom. The number of carboxylic acids is 3. The third-order valence-corrected chi connectivity index (χ3v) is 4.29. The molecule has 0 aliphatic carbocycles. The van der Waals surface area contributed by atoms with Crippen LogP contribution in [0.4, 0.5) is 0 Å². The molecule has 2 rings (SSSR count). The summed E-state index contributed by atoms with van der Waals surface area (Å²) in [6.07, 6.45) is 0. The fraction of sp³-hybridized carbons (Fsp3) is 0.529. The molecule has 0 fully saturated rings. The molecular weight excluding hydrogens is 372 g/mol. The number of carbonyl (C=O) groups excluding carboxylic acids is 3. The molecule has 28 heavy (non-hydrogen) atoms. The van der Waals surface area contributed by atoms with Crippen LogP contribution in [0.1, 0.15) is 11.4 Å². The summed E-state index contributed by atoms with van der Waals surface area (Å²) < 4.78 is 0. The van der Waals surface area contributed by atoms with Gasteiger partial charge in [0.1, 0.15) is 5.75 Å². The van der Waals surface area contributed by atoms with Gasteiger partial charge in [-0.1, -0.05) is 0 Å². The lowest BCUT2D eigenvalue weighted by molar-refractivity contribution is -0.308. The molecular formula is C17H21N4O7-3. The number of hydrogen-bond acceptors (Lipinski definition) is 11. The summed E-state index contributed by atoms with van der Waals surface area (Å²) in [5.41, 5.74) is 0.716. The number of hydrogen-bond donors (Lipinski definition) is 1. The highest BCUT2D eigenvalue weighted by Crippen LogP contribution is 2.18. The van der Waals surface area contributed by atoms with Gasteiger partial charge in [-0.2, -0.15) is 0 Å². The summed E-state index contributed by atoms with van der Waals surface area (Å²) in [4.78, 5) is 41.9. The second-order valence-corrected chi connectivity index (χ2v) is 6.58. The van der Waals surface area contributed by atoms with Crippen molar-refractivity contribution >= 4 is 17.9 Å². The minimum atomic E-state index is -1.31. The largest absolute Gasteiger partial charge is 0.549 e. The van der Waals surface area contributed by atoms with Gasteiger partial charge in [0.15, 0.2) is 0 Å². The van der Waals surface area contributed by atoms with Gasteiger partial charge in [-0.05, 0) is 12.1 Å². The van der Waals surface area contributed by atoms with Crippen LogP contribution in [0.25, 0.3) is 0 Å². The number of aromatic hydroxyl groups is 1. The van der Waals surface area contributed by atoms with Crippen molar-refractivity contribution in [1.29, 1.82) is 0 Å². The molecule has 1 aliphatic rings. The van der Waals surface area contributed by atoms with Gasteiger partial charge in [0, 0.05) is 58.9 Å². The second kappa shape index (κ2) is 9.97. The monoisotopic (exact) mass is 393 g/mol. The van der Waals surface area contributed by atoms with Crippen molar-refractivity contribution < 1.29 is 34.8 Å². The Morgan fingerprint density at radius 3 is 1.82 bits per heavy atom. The van der Waals surface area contributed by atoms with Gasteiger partial charge in [-0.15, -0.1) is 0 Å². The summed E-state index contributed by atoms with van der Waals surface area (Å²) in [6, 6.07) is 2.95. The molecule has 0 spiro atoms. The standard InChI is InChI=1S/C17H24N4O7/c22-14-2-1-12-7-20(10-16(25)26)5-3-19(9-15(23)24)4-6-21(11-17(27)28)8-13(14)18-12/h1-2,22H,3-11H2,(H,23,24)(H,25,26)(H,27,28)/p-3. The van der Waals surface area contributed by atoms with E-state index in [9.17, 15) is 34.8 Å². The van der Waals surface area contributed by atoms with Crippen LogP contribution >= 0.6 is 0 Å². The Hall–Kier alpha value is -2.76. The highest BCUT2D eigenvalue weighted by atomic mass is 16.4. The van der Waals surface area contributed by atoms with E-state index in [0.717, 1.165) is 0 Å². The van der Waals surface area contributed by atoms with Crippen LogP contribution < -0.4 is 15.3 Å². The van der Waals surface area contributed by atoms with Crippen molar-refractivity contribution in [2.24, 2.45) is 0 Å². The number of fused-ring (bicyclic) bond motifs is 2. The van der Waals surface area contributed by atoms with E-state index in [0.29, 0.717) is 5.69 Å². The number of rotatable bonds is 6. The Balaban J connectivity index is 2.30. The number of aliphatic carboxylic acids is 3. The van der Waals surface area contributed by atoms with Crippen LogP contribution in [0.15, 0.2) is 12.1 Å². The van der Waals surface area contributed by atoms with Crippen molar-refractivity contribution in [3.63, 3.8) is 0 Å². The van der Waals surface area contributed by atoms with Crippen molar-refractivity contribution in [3.8, 4) is 5.75 Å². The number of aromatic nitrogens is 1. The SMILES string of the molecule is O=C([O-])CN1CCN(CC(=O)[O-])Cc2ccc(O)c(n2)CN(CC(=O)[O-])CC1. The molecule has 0 aromatic carbocycles. The third kappa shape index (κ3) is 7.10. The fourth-order valence-electron chi connectivity index (χ4n) is 3.00. The minimum absolute atomic E-state index is 0.00724. The van der Waals surface area contributed by atoms with Crippen LogP contribution in [0.5, 0.6) is 5.75 Å².